The van der Waals surface area contributed by atoms with E-state index in [9.17, 15) is 9.59 Å². The maximum Gasteiger partial charge on any atom is 0.229 e. The molecule has 4 N–H and O–H groups in total. The number of amides is 2. The first-order valence-corrected chi connectivity index (χ1v) is 7.88. The zero-order valence-corrected chi connectivity index (χ0v) is 15.4. The number of nitrogens with one attached hydrogen (secondary N) is 2. The van der Waals surface area contributed by atoms with Gasteiger partial charge < -0.3 is 16.4 Å². The fraction of sp³-hybridized carbons (Fsp3) is 0.263. The van der Waals surface area contributed by atoms with Gasteiger partial charge in [-0.25, -0.2) is 0 Å². The van der Waals surface area contributed by atoms with E-state index < -0.39 is 5.92 Å². The number of carbonyl (C=O) groups excluding carboxylic acids is 2. The summed E-state index contributed by atoms with van der Waals surface area (Å²) >= 11 is 0. The summed E-state index contributed by atoms with van der Waals surface area (Å²) in [7, 11) is 0. The molecule has 0 spiro atoms. The molecule has 25 heavy (non-hydrogen) atoms. The SMILES string of the molecule is CC(=O)Nc1ccc(C)c(NC(=O)C(C)C(N)c2ccccc2)c1.Cl. The van der Waals surface area contributed by atoms with Gasteiger partial charge >= 0.3 is 0 Å². The van der Waals surface area contributed by atoms with Gasteiger partial charge in [0.1, 0.15) is 0 Å². The van der Waals surface area contributed by atoms with Gasteiger partial charge in [-0.05, 0) is 30.2 Å². The van der Waals surface area contributed by atoms with E-state index in [1.54, 1.807) is 19.1 Å². The molecule has 0 aromatic heterocycles. The first-order valence-electron chi connectivity index (χ1n) is 7.88. The Morgan fingerprint density at radius 3 is 2.28 bits per heavy atom. The lowest BCUT2D eigenvalue weighted by Gasteiger charge is -2.20. The fourth-order valence-electron chi connectivity index (χ4n) is 2.41. The molecule has 2 unspecified atom stereocenters. The maximum atomic E-state index is 12.5. The summed E-state index contributed by atoms with van der Waals surface area (Å²) in [5.41, 5.74) is 9.35. The van der Waals surface area contributed by atoms with E-state index in [1.165, 1.54) is 6.92 Å². The second kappa shape index (κ2) is 9.20. The number of hydrogen-bond donors (Lipinski definition) is 3. The summed E-state index contributed by atoms with van der Waals surface area (Å²) in [5, 5.41) is 5.61. The van der Waals surface area contributed by atoms with Gasteiger partial charge in [0.25, 0.3) is 0 Å². The third kappa shape index (κ3) is 5.59. The summed E-state index contributed by atoms with van der Waals surface area (Å²) in [6.45, 7) is 5.15. The number of anilines is 2. The number of carbonyl (C=O) groups is 2. The molecule has 2 atom stereocenters. The summed E-state index contributed by atoms with van der Waals surface area (Å²) in [6.07, 6.45) is 0. The van der Waals surface area contributed by atoms with E-state index in [2.05, 4.69) is 10.6 Å². The van der Waals surface area contributed by atoms with Gasteiger partial charge in [0.2, 0.25) is 11.8 Å². The van der Waals surface area contributed by atoms with Crippen molar-refractivity contribution in [1.29, 1.82) is 0 Å². The highest BCUT2D eigenvalue weighted by atomic mass is 35.5. The van der Waals surface area contributed by atoms with Crippen molar-refractivity contribution in [3.8, 4) is 0 Å². The molecule has 0 fully saturated rings. The quantitative estimate of drug-likeness (QED) is 0.760. The molecule has 0 bridgehead atoms. The smallest absolute Gasteiger partial charge is 0.229 e. The molecule has 134 valence electrons. The molecule has 2 aromatic rings. The van der Waals surface area contributed by atoms with Crippen LogP contribution in [-0.2, 0) is 9.59 Å². The molecule has 0 saturated heterocycles. The molecule has 0 saturated carbocycles. The molecule has 2 rings (SSSR count). The van der Waals surface area contributed by atoms with Gasteiger partial charge in [-0.15, -0.1) is 12.4 Å². The summed E-state index contributed by atoms with van der Waals surface area (Å²) < 4.78 is 0. The van der Waals surface area contributed by atoms with E-state index in [0.717, 1.165) is 11.1 Å². The van der Waals surface area contributed by atoms with Crippen molar-refractivity contribution in [3.63, 3.8) is 0 Å². The lowest BCUT2D eigenvalue weighted by molar-refractivity contribution is -0.120. The largest absolute Gasteiger partial charge is 0.326 e. The Labute approximate surface area is 154 Å². The Balaban J connectivity index is 0.00000312. The van der Waals surface area contributed by atoms with Crippen LogP contribution in [0.5, 0.6) is 0 Å². The van der Waals surface area contributed by atoms with Crippen LogP contribution in [0.25, 0.3) is 0 Å². The second-order valence-corrected chi connectivity index (χ2v) is 5.93. The van der Waals surface area contributed by atoms with Crippen molar-refractivity contribution >= 4 is 35.6 Å². The molecular formula is C19H24ClN3O2. The molecule has 6 heteroatoms. The normalized spacial score (nSPS) is 12.5. The minimum Gasteiger partial charge on any atom is -0.326 e. The van der Waals surface area contributed by atoms with Crippen LogP contribution in [0.2, 0.25) is 0 Å². The van der Waals surface area contributed by atoms with Crippen LogP contribution in [0, 0.1) is 12.8 Å². The maximum absolute atomic E-state index is 12.5. The van der Waals surface area contributed by atoms with Gasteiger partial charge in [-0.2, -0.15) is 0 Å². The number of hydrogen-bond acceptors (Lipinski definition) is 3. The third-order valence-electron chi connectivity index (χ3n) is 3.95. The predicted molar refractivity (Wildman–Crippen MR) is 104 cm³/mol. The topological polar surface area (TPSA) is 84.2 Å². The Bertz CT molecular complexity index is 735. The van der Waals surface area contributed by atoms with Crippen LogP contribution >= 0.6 is 12.4 Å². The van der Waals surface area contributed by atoms with Crippen LogP contribution in [0.1, 0.15) is 31.0 Å². The molecule has 2 aromatic carbocycles. The zero-order chi connectivity index (χ0) is 17.7. The first kappa shape index (κ1) is 20.7. The van der Waals surface area contributed by atoms with Crippen molar-refractivity contribution < 1.29 is 9.59 Å². The lowest BCUT2D eigenvalue weighted by atomic mass is 9.94. The standard InChI is InChI=1S/C19H23N3O2.ClH/c1-12-9-10-16(21-14(3)23)11-17(12)22-19(24)13(2)18(20)15-7-5-4-6-8-15;/h4-11,13,18H,20H2,1-3H3,(H,21,23)(H,22,24);1H. The van der Waals surface area contributed by atoms with Crippen molar-refractivity contribution in [2.45, 2.75) is 26.8 Å². The second-order valence-electron chi connectivity index (χ2n) is 5.93. The minimum atomic E-state index is -0.392. The monoisotopic (exact) mass is 361 g/mol. The predicted octanol–water partition coefficient (Wildman–Crippen LogP) is 3.65. The first-order chi connectivity index (χ1) is 11.4. The van der Waals surface area contributed by atoms with Gasteiger partial charge in [0.05, 0.1) is 5.92 Å². The average Bonchev–Trinajstić information content (AvgIpc) is 2.56. The molecule has 0 aliphatic rings. The lowest BCUT2D eigenvalue weighted by Crippen LogP contribution is -2.30. The van der Waals surface area contributed by atoms with Crippen LogP contribution < -0.4 is 16.4 Å². The zero-order valence-electron chi connectivity index (χ0n) is 14.6. The number of aryl methyl sites for hydroxylation is 1. The van der Waals surface area contributed by atoms with E-state index in [0.29, 0.717) is 11.4 Å². The molecule has 0 aliphatic heterocycles. The van der Waals surface area contributed by atoms with Gasteiger partial charge in [0.15, 0.2) is 0 Å². The number of halogens is 1. The van der Waals surface area contributed by atoms with E-state index >= 15 is 0 Å². The average molecular weight is 362 g/mol. The van der Waals surface area contributed by atoms with Gasteiger partial charge in [0, 0.05) is 24.3 Å². The Hall–Kier alpha value is -2.37. The minimum absolute atomic E-state index is 0. The van der Waals surface area contributed by atoms with Crippen LogP contribution in [0.15, 0.2) is 48.5 Å². The highest BCUT2D eigenvalue weighted by molar-refractivity contribution is 5.95. The molecule has 2 amide bonds. The van der Waals surface area contributed by atoms with Crippen molar-refractivity contribution in [2.24, 2.45) is 11.7 Å². The van der Waals surface area contributed by atoms with Crippen molar-refractivity contribution in [1.82, 2.24) is 0 Å². The fourth-order valence-corrected chi connectivity index (χ4v) is 2.41. The van der Waals surface area contributed by atoms with Crippen LogP contribution in [0.3, 0.4) is 0 Å². The van der Waals surface area contributed by atoms with Crippen LogP contribution in [0.4, 0.5) is 11.4 Å². The molecule has 0 heterocycles. The molecule has 5 nitrogen and oxygen atoms in total. The Morgan fingerprint density at radius 2 is 1.68 bits per heavy atom. The summed E-state index contributed by atoms with van der Waals surface area (Å²) in [6, 6.07) is 14.6. The Kier molecular flexibility index (Phi) is 7.61. The van der Waals surface area contributed by atoms with Crippen LogP contribution in [-0.4, -0.2) is 11.8 Å². The van der Waals surface area contributed by atoms with Gasteiger partial charge in [-0.1, -0.05) is 43.3 Å². The highest BCUT2D eigenvalue weighted by Gasteiger charge is 2.22. The molecule has 0 radical (unpaired) electrons. The third-order valence-corrected chi connectivity index (χ3v) is 3.95. The van der Waals surface area contributed by atoms with E-state index in [4.69, 9.17) is 5.73 Å². The molecule has 0 aliphatic carbocycles. The summed E-state index contributed by atoms with van der Waals surface area (Å²) in [5.74, 6) is -0.707. The van der Waals surface area contributed by atoms with E-state index in [1.807, 2.05) is 43.3 Å². The Morgan fingerprint density at radius 1 is 1.04 bits per heavy atom. The van der Waals surface area contributed by atoms with E-state index in [-0.39, 0.29) is 30.3 Å². The number of benzene rings is 2. The highest BCUT2D eigenvalue weighted by Crippen LogP contribution is 2.24. The number of nitrogens with two attached hydrogens (primary N) is 1. The molecular weight excluding hydrogens is 338 g/mol. The van der Waals surface area contributed by atoms with Crippen molar-refractivity contribution in [2.75, 3.05) is 10.6 Å². The number of rotatable bonds is 5. The van der Waals surface area contributed by atoms with Crippen molar-refractivity contribution in [3.05, 3.63) is 59.7 Å². The summed E-state index contributed by atoms with van der Waals surface area (Å²) in [4.78, 5) is 23.7. The van der Waals surface area contributed by atoms with Gasteiger partial charge in [-0.3, -0.25) is 9.59 Å².